The molecule has 0 fully saturated rings. The van der Waals surface area contributed by atoms with Crippen LogP contribution in [0.3, 0.4) is 0 Å². The monoisotopic (exact) mass is 320 g/mol. The number of rotatable bonds is 4. The number of amides is 1. The molecule has 0 N–H and O–H groups in total. The van der Waals surface area contributed by atoms with Crippen LogP contribution in [0.5, 0.6) is 0 Å². The maximum Gasteiger partial charge on any atom is 0.272 e. The lowest BCUT2D eigenvalue weighted by atomic mass is 10.3. The molecule has 1 amide bonds. The molecule has 1 aromatic heterocycles. The van der Waals surface area contributed by atoms with Gasteiger partial charge >= 0.3 is 0 Å². The molecule has 0 aliphatic rings. The lowest BCUT2D eigenvalue weighted by Gasteiger charge is -2.15. The highest BCUT2D eigenvalue weighted by Crippen LogP contribution is 2.08. The molecule has 1 aromatic rings. The van der Waals surface area contributed by atoms with E-state index in [2.05, 4.69) is 20.9 Å². The number of halogens is 1. The van der Waals surface area contributed by atoms with Gasteiger partial charge in [-0.3, -0.25) is 4.79 Å². The number of hydrogen-bond acceptors (Lipinski definition) is 4. The molecule has 0 aliphatic carbocycles. The fourth-order valence-corrected chi connectivity index (χ4v) is 1.94. The molecular formula is C10H13BrN2O3S. The minimum absolute atomic E-state index is 0.0498. The molecule has 0 saturated carbocycles. The minimum atomic E-state index is -3.06. The van der Waals surface area contributed by atoms with Crippen molar-refractivity contribution in [3.05, 3.63) is 28.5 Å². The zero-order chi connectivity index (χ0) is 13.1. The van der Waals surface area contributed by atoms with E-state index in [0.717, 1.165) is 10.7 Å². The molecule has 0 aliphatic heterocycles. The second-order valence-electron chi connectivity index (χ2n) is 3.72. The third-order valence-electron chi connectivity index (χ3n) is 2.09. The molecule has 1 heterocycles. The van der Waals surface area contributed by atoms with Crippen LogP contribution in [-0.2, 0) is 9.84 Å². The van der Waals surface area contributed by atoms with Gasteiger partial charge in [0.1, 0.15) is 15.5 Å². The van der Waals surface area contributed by atoms with Crippen LogP contribution >= 0.6 is 15.9 Å². The second kappa shape index (κ2) is 5.59. The van der Waals surface area contributed by atoms with Gasteiger partial charge in [0.25, 0.3) is 5.91 Å². The van der Waals surface area contributed by atoms with Crippen molar-refractivity contribution in [3.8, 4) is 0 Å². The molecule has 0 aromatic carbocycles. The van der Waals surface area contributed by atoms with Gasteiger partial charge in [-0.2, -0.15) is 0 Å². The maximum absolute atomic E-state index is 11.8. The van der Waals surface area contributed by atoms with E-state index in [1.54, 1.807) is 19.2 Å². The molecule has 0 saturated heterocycles. The predicted molar refractivity (Wildman–Crippen MR) is 68.6 cm³/mol. The van der Waals surface area contributed by atoms with Crippen LogP contribution in [0, 0.1) is 0 Å². The average Bonchev–Trinajstić information content (AvgIpc) is 2.25. The number of sulfone groups is 1. The summed E-state index contributed by atoms with van der Waals surface area (Å²) in [5, 5.41) is 0. The van der Waals surface area contributed by atoms with Crippen molar-refractivity contribution in [2.45, 2.75) is 0 Å². The summed E-state index contributed by atoms with van der Waals surface area (Å²) in [7, 11) is -1.51. The highest BCUT2D eigenvalue weighted by molar-refractivity contribution is 9.10. The molecule has 0 radical (unpaired) electrons. The fraction of sp³-hybridized carbons (Fsp3) is 0.400. The van der Waals surface area contributed by atoms with E-state index in [-0.39, 0.29) is 18.2 Å². The van der Waals surface area contributed by atoms with Crippen molar-refractivity contribution in [2.75, 3.05) is 25.6 Å². The molecule has 0 unspecified atom stereocenters. The fourth-order valence-electron chi connectivity index (χ4n) is 1.10. The van der Waals surface area contributed by atoms with Crippen LogP contribution in [0.2, 0.25) is 0 Å². The smallest absolute Gasteiger partial charge is 0.272 e. The van der Waals surface area contributed by atoms with Crippen molar-refractivity contribution in [3.63, 3.8) is 0 Å². The van der Waals surface area contributed by atoms with Crippen LogP contribution < -0.4 is 0 Å². The number of nitrogens with zero attached hydrogens (tertiary/aromatic N) is 2. The summed E-state index contributed by atoms with van der Waals surface area (Å²) in [4.78, 5) is 17.1. The van der Waals surface area contributed by atoms with Crippen LogP contribution in [0.25, 0.3) is 0 Å². The maximum atomic E-state index is 11.8. The first-order valence-corrected chi connectivity index (χ1v) is 7.70. The summed E-state index contributed by atoms with van der Waals surface area (Å²) < 4.78 is 22.7. The van der Waals surface area contributed by atoms with Gasteiger partial charge in [0, 0.05) is 30.5 Å². The highest BCUT2D eigenvalue weighted by Gasteiger charge is 2.14. The van der Waals surface area contributed by atoms with Gasteiger partial charge in [-0.05, 0) is 28.1 Å². The first-order valence-electron chi connectivity index (χ1n) is 4.84. The Morgan fingerprint density at radius 2 is 2.12 bits per heavy atom. The van der Waals surface area contributed by atoms with E-state index in [1.807, 2.05) is 0 Å². The Hall–Kier alpha value is -0.950. The molecule has 17 heavy (non-hydrogen) atoms. The summed E-state index contributed by atoms with van der Waals surface area (Å²) in [6, 6.07) is 3.30. The number of aromatic nitrogens is 1. The van der Waals surface area contributed by atoms with Crippen molar-refractivity contribution >= 4 is 31.7 Å². The Morgan fingerprint density at radius 1 is 1.47 bits per heavy atom. The van der Waals surface area contributed by atoms with Crippen LogP contribution in [-0.4, -0.2) is 49.8 Å². The first-order chi connectivity index (χ1) is 7.79. The zero-order valence-corrected chi connectivity index (χ0v) is 12.0. The van der Waals surface area contributed by atoms with E-state index in [0.29, 0.717) is 5.69 Å². The summed E-state index contributed by atoms with van der Waals surface area (Å²) in [5.74, 6) is -0.340. The molecule has 7 heteroatoms. The van der Waals surface area contributed by atoms with E-state index in [4.69, 9.17) is 0 Å². The second-order valence-corrected chi connectivity index (χ2v) is 6.89. The van der Waals surface area contributed by atoms with Gasteiger partial charge in [0.05, 0.1) is 5.75 Å². The molecule has 0 spiro atoms. The Balaban J connectivity index is 2.67. The van der Waals surface area contributed by atoms with Crippen LogP contribution in [0.1, 0.15) is 10.5 Å². The minimum Gasteiger partial charge on any atom is -0.339 e. The van der Waals surface area contributed by atoms with Gasteiger partial charge in [0.15, 0.2) is 0 Å². The molecule has 1 rings (SSSR count). The predicted octanol–water partition coefficient (Wildman–Crippen LogP) is 0.961. The van der Waals surface area contributed by atoms with Crippen molar-refractivity contribution in [1.29, 1.82) is 0 Å². The van der Waals surface area contributed by atoms with Gasteiger partial charge in [-0.25, -0.2) is 13.4 Å². The number of pyridine rings is 1. The highest BCUT2D eigenvalue weighted by atomic mass is 79.9. The van der Waals surface area contributed by atoms with Crippen molar-refractivity contribution in [2.24, 2.45) is 0 Å². The Labute approximate surface area is 109 Å². The van der Waals surface area contributed by atoms with E-state index >= 15 is 0 Å². The Bertz CT molecular complexity index is 499. The number of hydrogen-bond donors (Lipinski definition) is 0. The topological polar surface area (TPSA) is 67.3 Å². The van der Waals surface area contributed by atoms with Gasteiger partial charge in [-0.15, -0.1) is 0 Å². The van der Waals surface area contributed by atoms with Gasteiger partial charge in [-0.1, -0.05) is 0 Å². The quantitative estimate of drug-likeness (QED) is 0.828. The standard InChI is InChI=1S/C10H13BrN2O3S/c1-13(5-6-17(2,15)16)10(14)9-4-3-8(11)7-12-9/h3-4,7H,5-6H2,1-2H3. The molecule has 5 nitrogen and oxygen atoms in total. The van der Waals surface area contributed by atoms with Crippen LogP contribution in [0.15, 0.2) is 22.8 Å². The third-order valence-corrected chi connectivity index (χ3v) is 3.48. The van der Waals surface area contributed by atoms with E-state index < -0.39 is 9.84 Å². The van der Waals surface area contributed by atoms with Gasteiger partial charge in [0.2, 0.25) is 0 Å². The normalized spacial score (nSPS) is 11.2. The summed E-state index contributed by atoms with van der Waals surface area (Å²) >= 11 is 3.22. The van der Waals surface area contributed by atoms with E-state index in [1.165, 1.54) is 11.1 Å². The third kappa shape index (κ3) is 4.82. The summed E-state index contributed by atoms with van der Waals surface area (Å²) in [6.07, 6.45) is 2.67. The molecule has 94 valence electrons. The lowest BCUT2D eigenvalue weighted by Crippen LogP contribution is -2.31. The molecule has 0 bridgehead atoms. The zero-order valence-electron chi connectivity index (χ0n) is 9.55. The largest absolute Gasteiger partial charge is 0.339 e. The van der Waals surface area contributed by atoms with Gasteiger partial charge < -0.3 is 4.90 Å². The Morgan fingerprint density at radius 3 is 2.59 bits per heavy atom. The average molecular weight is 321 g/mol. The van der Waals surface area contributed by atoms with Crippen LogP contribution in [0.4, 0.5) is 0 Å². The lowest BCUT2D eigenvalue weighted by molar-refractivity contribution is 0.0797. The number of carbonyl (C=O) groups is 1. The molecular weight excluding hydrogens is 308 g/mol. The van der Waals surface area contributed by atoms with E-state index in [9.17, 15) is 13.2 Å². The van der Waals surface area contributed by atoms with Crippen molar-refractivity contribution in [1.82, 2.24) is 9.88 Å². The van der Waals surface area contributed by atoms with Crippen molar-refractivity contribution < 1.29 is 13.2 Å². The summed E-state index contributed by atoms with van der Waals surface area (Å²) in [5.41, 5.74) is 0.296. The SMILES string of the molecule is CN(CCS(C)(=O)=O)C(=O)c1ccc(Br)cn1. The Kier molecular flexibility index (Phi) is 4.64. The molecule has 0 atom stereocenters. The number of carbonyl (C=O) groups excluding carboxylic acids is 1. The summed E-state index contributed by atoms with van der Waals surface area (Å²) in [6.45, 7) is 0.162. The first kappa shape index (κ1) is 14.1.